The Balaban J connectivity index is 1.33. The zero-order valence-electron chi connectivity index (χ0n) is 23.2. The van der Waals surface area contributed by atoms with Crippen LogP contribution in [0, 0.1) is 0 Å². The van der Waals surface area contributed by atoms with Crippen LogP contribution in [0.5, 0.6) is 5.75 Å². The van der Waals surface area contributed by atoms with Crippen LogP contribution >= 0.6 is 19.4 Å². The zero-order chi connectivity index (χ0) is 31.3. The van der Waals surface area contributed by atoms with Crippen LogP contribution < -0.4 is 9.84 Å². The molecule has 4 atom stereocenters. The fourth-order valence-electron chi connectivity index (χ4n) is 4.40. The molecule has 14 nitrogen and oxygen atoms in total. The van der Waals surface area contributed by atoms with Gasteiger partial charge in [-0.15, -0.1) is 0 Å². The van der Waals surface area contributed by atoms with E-state index in [1.165, 1.54) is 43.8 Å². The number of amides is 1. The van der Waals surface area contributed by atoms with Gasteiger partial charge < -0.3 is 24.1 Å². The molecule has 2 aromatic carbocycles. The number of nitrogens with zero attached hydrogens (tertiary/aromatic N) is 4. The van der Waals surface area contributed by atoms with Crippen LogP contribution in [0.25, 0.3) is 11.2 Å². The average Bonchev–Trinajstić information content (AvgIpc) is 3.61. The highest BCUT2D eigenvalue weighted by Crippen LogP contribution is 2.45. The number of rotatable bonds is 12. The van der Waals surface area contributed by atoms with E-state index < -0.39 is 38.8 Å². The summed E-state index contributed by atoms with van der Waals surface area (Å²) in [5.74, 6) is -0.984. The third-order valence-electron chi connectivity index (χ3n) is 6.52. The molecule has 3 heterocycles. The smallest absolute Gasteiger partial charge is 0.459 e. The number of phosphoric acid groups is 1. The van der Waals surface area contributed by atoms with Gasteiger partial charge in [0.15, 0.2) is 17.0 Å². The van der Waals surface area contributed by atoms with Gasteiger partial charge in [-0.05, 0) is 43.3 Å². The summed E-state index contributed by atoms with van der Waals surface area (Å²) in [5, 5.41) is 3.14. The molecule has 0 bridgehead atoms. The summed E-state index contributed by atoms with van der Waals surface area (Å²) in [7, 11) is -4.62. The Morgan fingerprint density at radius 2 is 1.84 bits per heavy atom. The number of Topliss-reactive ketones (excluding diaryl/α,β-unsaturated/α-hetero) is 1. The second-order valence-electron chi connectivity index (χ2n) is 9.77. The number of carbonyl (C=O) groups excluding carboxylic acids is 3. The molecule has 1 saturated heterocycles. The lowest BCUT2D eigenvalue weighted by Crippen LogP contribution is -2.31. The molecule has 1 aliphatic heterocycles. The first-order valence-corrected chi connectivity index (χ1v) is 15.3. The maximum Gasteiger partial charge on any atom is 0.527 e. The van der Waals surface area contributed by atoms with Crippen molar-refractivity contribution in [2.24, 2.45) is 0 Å². The first kappa shape index (κ1) is 31.2. The molecule has 5 rings (SSSR count). The minimum atomic E-state index is -4.62. The lowest BCUT2D eigenvalue weighted by Gasteiger charge is -2.20. The summed E-state index contributed by atoms with van der Waals surface area (Å²) in [6.45, 7) is 0.878. The van der Waals surface area contributed by atoms with Gasteiger partial charge in [-0.3, -0.25) is 23.6 Å². The third kappa shape index (κ3) is 7.84. The van der Waals surface area contributed by atoms with E-state index in [0.29, 0.717) is 16.2 Å². The molecule has 4 aromatic rings. The van der Waals surface area contributed by atoms with E-state index in [1.807, 2.05) is 0 Å². The Labute approximate surface area is 255 Å². The molecule has 230 valence electrons. The van der Waals surface area contributed by atoms with Crippen molar-refractivity contribution in [2.45, 2.75) is 44.6 Å². The first-order valence-electron chi connectivity index (χ1n) is 13.4. The van der Waals surface area contributed by atoms with Crippen LogP contribution in [0.2, 0.25) is 5.02 Å². The number of ether oxygens (including phenoxy) is 2. The fraction of sp³-hybridized carbons (Fsp3) is 0.286. The number of fused-ring (bicyclic) bond motifs is 1. The SMILES string of the molecule is CC(=O)CCC(=O)OC1CC(n2cnc3c(NC(=O)c4ccccc4)ncnc32)OC1COP(=O)(O)Oc1ccc(Cl)cc1. The Morgan fingerprint density at radius 1 is 1.09 bits per heavy atom. The Bertz CT molecular complexity index is 1700. The quantitative estimate of drug-likeness (QED) is 0.163. The van der Waals surface area contributed by atoms with Crippen molar-refractivity contribution in [3.05, 3.63) is 77.8 Å². The van der Waals surface area contributed by atoms with Gasteiger partial charge in [0.05, 0.1) is 19.4 Å². The number of anilines is 1. The van der Waals surface area contributed by atoms with E-state index in [2.05, 4.69) is 20.3 Å². The number of imidazole rings is 1. The number of hydrogen-bond acceptors (Lipinski definition) is 11. The lowest BCUT2D eigenvalue weighted by atomic mass is 10.2. The van der Waals surface area contributed by atoms with E-state index in [1.54, 1.807) is 34.9 Å². The van der Waals surface area contributed by atoms with Crippen LogP contribution in [-0.4, -0.2) is 60.9 Å². The van der Waals surface area contributed by atoms with Gasteiger partial charge in [0, 0.05) is 23.4 Å². The Hall–Kier alpha value is -4.20. The van der Waals surface area contributed by atoms with Crippen LogP contribution in [0.3, 0.4) is 0 Å². The normalized spacial score (nSPS) is 19.3. The predicted molar refractivity (Wildman–Crippen MR) is 156 cm³/mol. The number of aromatic nitrogens is 4. The second kappa shape index (κ2) is 13.6. The molecule has 0 saturated carbocycles. The summed E-state index contributed by atoms with van der Waals surface area (Å²) >= 11 is 5.85. The zero-order valence-corrected chi connectivity index (χ0v) is 24.9. The predicted octanol–water partition coefficient (Wildman–Crippen LogP) is 4.50. The van der Waals surface area contributed by atoms with Crippen molar-refractivity contribution >= 4 is 54.1 Å². The minimum absolute atomic E-state index is 0.00165. The molecule has 0 radical (unpaired) electrons. The van der Waals surface area contributed by atoms with Crippen LogP contribution in [-0.2, 0) is 28.2 Å². The topological polar surface area (TPSA) is 181 Å². The van der Waals surface area contributed by atoms with Gasteiger partial charge in [0.1, 0.15) is 36.3 Å². The standard InChI is InChI=1S/C28H27ClN5O9P/c1-17(35)7-12-24(36)42-21-13-23(41-22(21)14-40-44(38,39)43-20-10-8-19(29)9-11-20)34-16-32-25-26(30-15-31-27(25)34)33-28(37)18-5-3-2-4-6-18/h2-6,8-11,15-16,21-23H,7,12-14H2,1H3,(H,38,39)(H,30,31,33,37). The lowest BCUT2D eigenvalue weighted by molar-refractivity contribution is -0.153. The molecule has 16 heteroatoms. The summed E-state index contributed by atoms with van der Waals surface area (Å²) in [6, 6.07) is 14.3. The highest BCUT2D eigenvalue weighted by molar-refractivity contribution is 7.47. The van der Waals surface area contributed by atoms with E-state index in [4.69, 9.17) is 30.1 Å². The van der Waals surface area contributed by atoms with Gasteiger partial charge in [0.25, 0.3) is 5.91 Å². The third-order valence-corrected chi connectivity index (χ3v) is 7.69. The van der Waals surface area contributed by atoms with Crippen molar-refractivity contribution < 1.29 is 42.4 Å². The highest BCUT2D eigenvalue weighted by Gasteiger charge is 2.41. The molecule has 1 amide bonds. The van der Waals surface area contributed by atoms with Crippen molar-refractivity contribution in [3.8, 4) is 5.75 Å². The minimum Gasteiger partial charge on any atom is -0.459 e. The number of nitrogens with one attached hydrogen (secondary N) is 1. The summed E-state index contributed by atoms with van der Waals surface area (Å²) < 4.78 is 36.2. The van der Waals surface area contributed by atoms with Gasteiger partial charge in [-0.25, -0.2) is 19.5 Å². The van der Waals surface area contributed by atoms with Gasteiger partial charge in [-0.1, -0.05) is 29.8 Å². The highest BCUT2D eigenvalue weighted by atomic mass is 35.5. The molecule has 4 unspecified atom stereocenters. The Morgan fingerprint density at radius 3 is 2.57 bits per heavy atom. The van der Waals surface area contributed by atoms with E-state index in [0.717, 1.165) is 0 Å². The summed E-state index contributed by atoms with van der Waals surface area (Å²) in [4.78, 5) is 59.7. The van der Waals surface area contributed by atoms with Gasteiger partial charge in [0.2, 0.25) is 0 Å². The average molecular weight is 644 g/mol. The van der Waals surface area contributed by atoms with E-state index in [-0.39, 0.29) is 48.0 Å². The van der Waals surface area contributed by atoms with Gasteiger partial charge >= 0.3 is 13.8 Å². The van der Waals surface area contributed by atoms with Crippen molar-refractivity contribution in [3.63, 3.8) is 0 Å². The second-order valence-corrected chi connectivity index (χ2v) is 11.6. The number of carbonyl (C=O) groups is 3. The van der Waals surface area contributed by atoms with Crippen LogP contribution in [0.1, 0.15) is 42.8 Å². The summed E-state index contributed by atoms with van der Waals surface area (Å²) in [6.07, 6.45) is -0.103. The Kier molecular flexibility index (Phi) is 9.67. The number of ketones is 1. The molecule has 2 aromatic heterocycles. The largest absolute Gasteiger partial charge is 0.527 e. The van der Waals surface area contributed by atoms with Crippen molar-refractivity contribution in [1.82, 2.24) is 19.5 Å². The molecular formula is C28H27ClN5O9P. The molecule has 0 aliphatic carbocycles. The van der Waals surface area contributed by atoms with Crippen LogP contribution in [0.15, 0.2) is 67.3 Å². The molecule has 1 fully saturated rings. The van der Waals surface area contributed by atoms with E-state index in [9.17, 15) is 23.8 Å². The molecule has 2 N–H and O–H groups in total. The first-order chi connectivity index (χ1) is 21.1. The van der Waals surface area contributed by atoms with Crippen LogP contribution in [0.4, 0.5) is 5.82 Å². The molecule has 44 heavy (non-hydrogen) atoms. The number of hydrogen-bond donors (Lipinski definition) is 2. The number of benzene rings is 2. The fourth-order valence-corrected chi connectivity index (χ4v) is 5.30. The monoisotopic (exact) mass is 643 g/mol. The van der Waals surface area contributed by atoms with Crippen molar-refractivity contribution in [2.75, 3.05) is 11.9 Å². The maximum atomic E-state index is 12.7. The number of halogens is 1. The molecule has 1 aliphatic rings. The number of esters is 1. The molecular weight excluding hydrogens is 617 g/mol. The maximum absolute atomic E-state index is 12.7. The number of phosphoric ester groups is 1. The summed E-state index contributed by atoms with van der Waals surface area (Å²) in [5.41, 5.74) is 1.03. The van der Waals surface area contributed by atoms with Gasteiger partial charge in [-0.2, -0.15) is 0 Å². The molecule has 0 spiro atoms. The van der Waals surface area contributed by atoms with E-state index >= 15 is 0 Å². The van der Waals surface area contributed by atoms with Crippen molar-refractivity contribution in [1.29, 1.82) is 0 Å².